The summed E-state index contributed by atoms with van der Waals surface area (Å²) in [7, 11) is 0.542. The Kier molecular flexibility index (Phi) is 3.63. The Morgan fingerprint density at radius 1 is 1.20 bits per heavy atom. The summed E-state index contributed by atoms with van der Waals surface area (Å²) < 4.78 is 16.7. The summed E-state index contributed by atoms with van der Waals surface area (Å²) >= 11 is 0. The second-order valence-corrected chi connectivity index (χ2v) is 5.17. The molecule has 4 heteroatoms. The van der Waals surface area contributed by atoms with Gasteiger partial charge in [0, 0.05) is 12.7 Å². The highest BCUT2D eigenvalue weighted by Gasteiger charge is 2.22. The van der Waals surface area contributed by atoms with E-state index < -0.39 is 9.28 Å². The van der Waals surface area contributed by atoms with Crippen LogP contribution in [-0.2, 0) is 4.43 Å². The largest absolute Gasteiger partial charge is 0.516 e. The van der Waals surface area contributed by atoms with Crippen LogP contribution in [0, 0.1) is 0 Å². The molecule has 0 amide bonds. The van der Waals surface area contributed by atoms with Crippen LogP contribution >= 0.6 is 0 Å². The van der Waals surface area contributed by atoms with E-state index in [0.29, 0.717) is 0 Å². The van der Waals surface area contributed by atoms with E-state index in [1.54, 1.807) is 7.11 Å². The zero-order chi connectivity index (χ0) is 10.5. The second-order valence-electron chi connectivity index (χ2n) is 3.43. The van der Waals surface area contributed by atoms with Crippen LogP contribution in [0.3, 0.4) is 0 Å². The lowest BCUT2D eigenvalue weighted by atomic mass is 10.3. The third-order valence-corrected chi connectivity index (χ3v) is 4.07. The predicted molar refractivity (Wildman–Crippen MR) is 59.4 cm³/mol. The Morgan fingerprint density at radius 3 is 2.67 bits per heavy atom. The zero-order valence-corrected chi connectivity index (χ0v) is 9.86. The van der Waals surface area contributed by atoms with E-state index in [4.69, 9.17) is 13.6 Å². The number of methoxy groups -OCH3 is 1. The van der Waals surface area contributed by atoms with E-state index in [-0.39, 0.29) is 0 Å². The topological polar surface area (TPSA) is 27.7 Å². The van der Waals surface area contributed by atoms with Gasteiger partial charge in [0.15, 0.2) is 5.75 Å². The van der Waals surface area contributed by atoms with E-state index in [9.17, 15) is 0 Å². The third-order valence-electron chi connectivity index (χ3n) is 2.33. The molecule has 15 heavy (non-hydrogen) atoms. The van der Waals surface area contributed by atoms with E-state index in [2.05, 4.69) is 0 Å². The highest BCUT2D eigenvalue weighted by molar-refractivity contribution is 6.45. The van der Waals surface area contributed by atoms with Crippen molar-refractivity contribution in [1.82, 2.24) is 0 Å². The number of ether oxygens (including phenoxy) is 1. The van der Waals surface area contributed by atoms with Crippen molar-refractivity contribution in [2.75, 3.05) is 13.7 Å². The van der Waals surface area contributed by atoms with Crippen LogP contribution < -0.4 is 9.16 Å². The molecule has 1 saturated heterocycles. The van der Waals surface area contributed by atoms with Gasteiger partial charge in [-0.1, -0.05) is 12.1 Å². The van der Waals surface area contributed by atoms with Crippen molar-refractivity contribution in [2.45, 2.75) is 18.9 Å². The molecule has 1 aliphatic heterocycles. The van der Waals surface area contributed by atoms with Crippen LogP contribution in [0.4, 0.5) is 0 Å². The van der Waals surface area contributed by atoms with Crippen LogP contribution in [0.15, 0.2) is 24.3 Å². The minimum absolute atomic E-state index is 0.782. The van der Waals surface area contributed by atoms with Gasteiger partial charge in [-0.25, -0.2) is 0 Å². The molecular formula is C11H15O3Si. The van der Waals surface area contributed by atoms with Crippen LogP contribution in [0.1, 0.15) is 12.8 Å². The summed E-state index contributed by atoms with van der Waals surface area (Å²) in [5.74, 6) is 1.58. The average molecular weight is 223 g/mol. The highest BCUT2D eigenvalue weighted by Crippen LogP contribution is 2.27. The molecule has 0 saturated carbocycles. The Bertz CT molecular complexity index is 310. The van der Waals surface area contributed by atoms with Gasteiger partial charge in [-0.05, 0) is 25.0 Å². The average Bonchev–Trinajstić information content (AvgIpc) is 2.31. The van der Waals surface area contributed by atoms with Gasteiger partial charge in [-0.15, -0.1) is 0 Å². The van der Waals surface area contributed by atoms with Crippen molar-refractivity contribution in [2.24, 2.45) is 0 Å². The van der Waals surface area contributed by atoms with Gasteiger partial charge < -0.3 is 13.6 Å². The molecule has 0 unspecified atom stereocenters. The first-order valence-corrected chi connectivity index (χ1v) is 6.72. The van der Waals surface area contributed by atoms with Gasteiger partial charge in [-0.2, -0.15) is 0 Å². The zero-order valence-electron chi connectivity index (χ0n) is 8.86. The SMILES string of the molecule is COc1ccccc1O[Si]1CCCCO1. The molecule has 81 valence electrons. The van der Waals surface area contributed by atoms with E-state index in [1.807, 2.05) is 24.3 Å². The molecule has 1 fully saturated rings. The van der Waals surface area contributed by atoms with Gasteiger partial charge in [0.25, 0.3) is 0 Å². The lowest BCUT2D eigenvalue weighted by Crippen LogP contribution is -2.30. The van der Waals surface area contributed by atoms with Gasteiger partial charge in [-0.3, -0.25) is 0 Å². The lowest BCUT2D eigenvalue weighted by molar-refractivity contribution is 0.234. The molecule has 0 N–H and O–H groups in total. The van der Waals surface area contributed by atoms with E-state index >= 15 is 0 Å². The fourth-order valence-electron chi connectivity index (χ4n) is 1.54. The Morgan fingerprint density at radius 2 is 2.00 bits per heavy atom. The van der Waals surface area contributed by atoms with Crippen molar-refractivity contribution >= 4 is 9.28 Å². The maximum Gasteiger partial charge on any atom is 0.457 e. The Hall–Kier alpha value is -1.00. The first-order valence-electron chi connectivity index (χ1n) is 5.19. The van der Waals surface area contributed by atoms with Crippen LogP contribution in [0.5, 0.6) is 11.5 Å². The van der Waals surface area contributed by atoms with Crippen LogP contribution in [0.25, 0.3) is 0 Å². The molecule has 0 spiro atoms. The standard InChI is InChI=1S/C11H15O3Si/c1-12-10-6-2-3-7-11(10)14-15-9-5-4-8-13-15/h2-3,6-7H,4-5,8-9H2,1H3. The molecule has 2 rings (SSSR count). The summed E-state index contributed by atoms with van der Waals surface area (Å²) in [6.45, 7) is 0.837. The lowest BCUT2D eigenvalue weighted by Gasteiger charge is -2.21. The summed E-state index contributed by atoms with van der Waals surface area (Å²) in [5, 5.41) is 0. The quantitative estimate of drug-likeness (QED) is 0.736. The Balaban J connectivity index is 2.02. The molecule has 0 atom stereocenters. The van der Waals surface area contributed by atoms with E-state index in [0.717, 1.165) is 30.6 Å². The molecule has 1 radical (unpaired) electrons. The fraction of sp³-hybridized carbons (Fsp3) is 0.455. The van der Waals surface area contributed by atoms with Crippen molar-refractivity contribution in [3.63, 3.8) is 0 Å². The van der Waals surface area contributed by atoms with Crippen molar-refractivity contribution in [3.05, 3.63) is 24.3 Å². The Labute approximate surface area is 91.8 Å². The van der Waals surface area contributed by atoms with Gasteiger partial charge in [0.1, 0.15) is 5.75 Å². The maximum absolute atomic E-state index is 5.83. The molecule has 1 aromatic carbocycles. The van der Waals surface area contributed by atoms with Gasteiger partial charge >= 0.3 is 9.28 Å². The molecular weight excluding hydrogens is 208 g/mol. The van der Waals surface area contributed by atoms with E-state index in [1.165, 1.54) is 6.42 Å². The molecule has 1 heterocycles. The molecule has 0 aromatic heterocycles. The van der Waals surface area contributed by atoms with Crippen LogP contribution in [0.2, 0.25) is 6.04 Å². The number of benzene rings is 1. The van der Waals surface area contributed by atoms with Gasteiger partial charge in [0.2, 0.25) is 0 Å². The molecule has 3 nitrogen and oxygen atoms in total. The van der Waals surface area contributed by atoms with Crippen molar-refractivity contribution < 1.29 is 13.6 Å². The minimum Gasteiger partial charge on any atom is -0.516 e. The smallest absolute Gasteiger partial charge is 0.457 e. The van der Waals surface area contributed by atoms with Crippen molar-refractivity contribution in [3.8, 4) is 11.5 Å². The second kappa shape index (κ2) is 5.18. The number of rotatable bonds is 3. The molecule has 0 bridgehead atoms. The summed E-state index contributed by atoms with van der Waals surface area (Å²) in [4.78, 5) is 0. The highest BCUT2D eigenvalue weighted by atomic mass is 28.3. The summed E-state index contributed by atoms with van der Waals surface area (Å²) in [5.41, 5.74) is 0. The summed E-state index contributed by atoms with van der Waals surface area (Å²) in [6.07, 6.45) is 2.37. The van der Waals surface area contributed by atoms with Crippen molar-refractivity contribution in [1.29, 1.82) is 0 Å². The number of hydrogen-bond acceptors (Lipinski definition) is 3. The number of para-hydroxylation sites is 2. The molecule has 0 aliphatic carbocycles. The first-order chi connectivity index (χ1) is 7.40. The monoisotopic (exact) mass is 223 g/mol. The van der Waals surface area contributed by atoms with Gasteiger partial charge in [0.05, 0.1) is 7.11 Å². The fourth-order valence-corrected chi connectivity index (χ4v) is 3.17. The molecule has 1 aliphatic rings. The first kappa shape index (κ1) is 10.5. The third kappa shape index (κ3) is 2.73. The predicted octanol–water partition coefficient (Wildman–Crippen LogP) is 2.37. The normalized spacial score (nSPS) is 17.4. The minimum atomic E-state index is -1.11. The summed E-state index contributed by atoms with van der Waals surface area (Å²) in [6, 6.07) is 8.77. The van der Waals surface area contributed by atoms with Crippen LogP contribution in [-0.4, -0.2) is 23.0 Å². The number of hydrogen-bond donors (Lipinski definition) is 0. The maximum atomic E-state index is 5.83. The molecule has 1 aromatic rings.